The smallest absolute Gasteiger partial charge is 0.408 e. The molecule has 8 heteroatoms. The molecule has 0 saturated heterocycles. The number of aromatic hydroxyl groups is 1. The number of alkyl carbamates (subject to hydrolysis) is 1. The Morgan fingerprint density at radius 1 is 1.00 bits per heavy atom. The molecule has 2 aromatic rings. The van der Waals surface area contributed by atoms with Gasteiger partial charge in [-0.1, -0.05) is 55.3 Å². The van der Waals surface area contributed by atoms with Crippen molar-refractivity contribution < 1.29 is 24.2 Å². The normalized spacial score (nSPS) is 12.8. The monoisotopic (exact) mass is 511 g/mol. The molecule has 0 aromatic heterocycles. The lowest BCUT2D eigenvalue weighted by molar-refractivity contribution is -0.142. The zero-order valence-electron chi connectivity index (χ0n) is 22.8. The SMILES string of the molecule is CCCCNC(=O)C(c1ccc(C)cc1)N(CC)C(=O)C(Cc1ccc(O)cc1)NC(=O)OC(C)(C)C. The van der Waals surface area contributed by atoms with Crippen molar-refractivity contribution in [3.63, 3.8) is 0 Å². The Labute approximate surface area is 220 Å². The quantitative estimate of drug-likeness (QED) is 0.381. The molecule has 2 atom stereocenters. The molecular weight excluding hydrogens is 470 g/mol. The maximum absolute atomic E-state index is 14.0. The van der Waals surface area contributed by atoms with Crippen LogP contribution in [0.5, 0.6) is 5.75 Å². The van der Waals surface area contributed by atoms with E-state index in [1.54, 1.807) is 32.9 Å². The molecule has 8 nitrogen and oxygen atoms in total. The fraction of sp³-hybridized carbons (Fsp3) is 0.483. The van der Waals surface area contributed by atoms with E-state index in [-0.39, 0.29) is 24.6 Å². The van der Waals surface area contributed by atoms with Crippen molar-refractivity contribution in [2.24, 2.45) is 0 Å². The largest absolute Gasteiger partial charge is 0.508 e. The molecule has 0 heterocycles. The minimum atomic E-state index is -0.990. The van der Waals surface area contributed by atoms with Crippen molar-refractivity contribution in [3.05, 3.63) is 65.2 Å². The number of amides is 3. The van der Waals surface area contributed by atoms with Gasteiger partial charge in [0.1, 0.15) is 23.4 Å². The molecule has 202 valence electrons. The van der Waals surface area contributed by atoms with Crippen molar-refractivity contribution in [2.75, 3.05) is 13.1 Å². The highest BCUT2D eigenvalue weighted by Gasteiger charge is 2.35. The van der Waals surface area contributed by atoms with E-state index in [9.17, 15) is 19.5 Å². The Morgan fingerprint density at radius 2 is 1.62 bits per heavy atom. The molecule has 0 radical (unpaired) electrons. The van der Waals surface area contributed by atoms with Gasteiger partial charge in [-0.15, -0.1) is 0 Å². The van der Waals surface area contributed by atoms with E-state index in [1.165, 1.54) is 17.0 Å². The van der Waals surface area contributed by atoms with E-state index in [0.717, 1.165) is 24.0 Å². The number of ether oxygens (including phenoxy) is 1. The number of likely N-dealkylation sites (N-methyl/N-ethyl adjacent to an activating group) is 1. The Kier molecular flexibility index (Phi) is 11.0. The highest BCUT2D eigenvalue weighted by atomic mass is 16.6. The fourth-order valence-electron chi connectivity index (χ4n) is 3.89. The molecule has 2 rings (SSSR count). The number of phenolic OH excluding ortho intramolecular Hbond substituents is 1. The van der Waals surface area contributed by atoms with Crippen LogP contribution in [-0.2, 0) is 20.7 Å². The number of hydrogen-bond donors (Lipinski definition) is 3. The molecule has 0 aliphatic carbocycles. The second kappa shape index (κ2) is 13.7. The maximum atomic E-state index is 14.0. The van der Waals surface area contributed by atoms with Crippen molar-refractivity contribution >= 4 is 17.9 Å². The van der Waals surface area contributed by atoms with Gasteiger partial charge in [0.2, 0.25) is 11.8 Å². The minimum Gasteiger partial charge on any atom is -0.508 e. The number of carbonyl (C=O) groups is 3. The number of aryl methyl sites for hydroxylation is 1. The zero-order valence-corrected chi connectivity index (χ0v) is 22.8. The van der Waals surface area contributed by atoms with Crippen molar-refractivity contribution in [1.82, 2.24) is 15.5 Å². The average molecular weight is 512 g/mol. The third kappa shape index (κ3) is 9.44. The van der Waals surface area contributed by atoms with Crippen LogP contribution in [0.4, 0.5) is 4.79 Å². The van der Waals surface area contributed by atoms with Crippen LogP contribution in [0.3, 0.4) is 0 Å². The Hall–Kier alpha value is -3.55. The van der Waals surface area contributed by atoms with Gasteiger partial charge in [0.25, 0.3) is 0 Å². The lowest BCUT2D eigenvalue weighted by Crippen LogP contribution is -2.53. The number of benzene rings is 2. The van der Waals surface area contributed by atoms with Gasteiger partial charge in [-0.3, -0.25) is 9.59 Å². The maximum Gasteiger partial charge on any atom is 0.408 e. The Balaban J connectivity index is 2.43. The molecule has 2 unspecified atom stereocenters. The molecule has 37 heavy (non-hydrogen) atoms. The van der Waals surface area contributed by atoms with E-state index in [2.05, 4.69) is 10.6 Å². The first kappa shape index (κ1) is 29.7. The fourth-order valence-corrected chi connectivity index (χ4v) is 3.89. The summed E-state index contributed by atoms with van der Waals surface area (Å²) >= 11 is 0. The van der Waals surface area contributed by atoms with Crippen LogP contribution < -0.4 is 10.6 Å². The summed E-state index contributed by atoms with van der Waals surface area (Å²) in [5.41, 5.74) is 1.72. The first-order valence-corrected chi connectivity index (χ1v) is 12.9. The molecule has 0 aliphatic heterocycles. The molecule has 0 spiro atoms. The van der Waals surface area contributed by atoms with Crippen LogP contribution in [-0.4, -0.2) is 52.6 Å². The molecule has 0 saturated carbocycles. The number of hydrogen-bond acceptors (Lipinski definition) is 5. The second-order valence-electron chi connectivity index (χ2n) is 10.2. The summed E-state index contributed by atoms with van der Waals surface area (Å²) in [6.07, 6.45) is 1.20. The molecule has 0 aliphatic rings. The molecule has 0 bridgehead atoms. The average Bonchev–Trinajstić information content (AvgIpc) is 2.82. The van der Waals surface area contributed by atoms with Crippen molar-refractivity contribution in [1.29, 1.82) is 0 Å². The zero-order chi connectivity index (χ0) is 27.6. The Bertz CT molecular complexity index is 1030. The van der Waals surface area contributed by atoms with Crippen LogP contribution in [0, 0.1) is 6.92 Å². The summed E-state index contributed by atoms with van der Waals surface area (Å²) in [5, 5.41) is 15.3. The van der Waals surface area contributed by atoms with Crippen LogP contribution in [0.15, 0.2) is 48.5 Å². The van der Waals surface area contributed by atoms with Crippen LogP contribution in [0.25, 0.3) is 0 Å². The van der Waals surface area contributed by atoms with Gasteiger partial charge in [-0.2, -0.15) is 0 Å². The highest BCUT2D eigenvalue weighted by molar-refractivity contribution is 5.92. The molecule has 2 aromatic carbocycles. The highest BCUT2D eigenvalue weighted by Crippen LogP contribution is 2.24. The molecular formula is C29H41N3O5. The Morgan fingerprint density at radius 3 is 2.16 bits per heavy atom. The van der Waals surface area contributed by atoms with Gasteiger partial charge in [0.15, 0.2) is 0 Å². The van der Waals surface area contributed by atoms with Crippen molar-refractivity contribution in [3.8, 4) is 5.75 Å². The topological polar surface area (TPSA) is 108 Å². The van der Waals surface area contributed by atoms with Crippen LogP contribution >= 0.6 is 0 Å². The minimum absolute atomic E-state index is 0.102. The number of nitrogens with one attached hydrogen (secondary N) is 2. The molecule has 3 N–H and O–H groups in total. The van der Waals surface area contributed by atoms with Gasteiger partial charge in [-0.05, 0) is 64.3 Å². The second-order valence-corrected chi connectivity index (χ2v) is 10.2. The van der Waals surface area contributed by atoms with E-state index < -0.39 is 29.7 Å². The number of phenols is 1. The van der Waals surface area contributed by atoms with Gasteiger partial charge in [-0.25, -0.2) is 4.79 Å². The van der Waals surface area contributed by atoms with E-state index >= 15 is 0 Å². The van der Waals surface area contributed by atoms with Crippen LogP contribution in [0.2, 0.25) is 0 Å². The number of unbranched alkanes of at least 4 members (excludes halogenated alkanes) is 1. The summed E-state index contributed by atoms with van der Waals surface area (Å²) in [7, 11) is 0. The molecule has 0 fully saturated rings. The van der Waals surface area contributed by atoms with E-state index in [1.807, 2.05) is 45.0 Å². The predicted octanol–water partition coefficient (Wildman–Crippen LogP) is 4.64. The number of rotatable bonds is 11. The van der Waals surface area contributed by atoms with Gasteiger partial charge in [0, 0.05) is 19.5 Å². The lowest BCUT2D eigenvalue weighted by Gasteiger charge is -2.34. The van der Waals surface area contributed by atoms with E-state index in [4.69, 9.17) is 4.74 Å². The summed E-state index contributed by atoms with van der Waals surface area (Å²) in [6.45, 7) is 11.8. The van der Waals surface area contributed by atoms with Crippen molar-refractivity contribution in [2.45, 2.75) is 78.5 Å². The molecule has 3 amide bonds. The first-order chi connectivity index (χ1) is 17.4. The van der Waals surface area contributed by atoms with Gasteiger partial charge >= 0.3 is 6.09 Å². The number of carbonyl (C=O) groups excluding carboxylic acids is 3. The van der Waals surface area contributed by atoms with Gasteiger partial charge in [0.05, 0.1) is 0 Å². The summed E-state index contributed by atoms with van der Waals surface area (Å²) in [4.78, 5) is 41.6. The predicted molar refractivity (Wildman–Crippen MR) is 144 cm³/mol. The van der Waals surface area contributed by atoms with Crippen LogP contribution in [0.1, 0.15) is 70.2 Å². The van der Waals surface area contributed by atoms with Gasteiger partial charge < -0.3 is 25.4 Å². The van der Waals surface area contributed by atoms with E-state index in [0.29, 0.717) is 12.1 Å². The standard InChI is InChI=1S/C29H41N3O5/c1-7-9-18-30-26(34)25(22-14-10-20(3)11-15-22)32(8-2)27(35)24(31-28(36)37-29(4,5)6)19-21-12-16-23(33)17-13-21/h10-17,24-25,33H,7-9,18-19H2,1-6H3,(H,30,34)(H,31,36). The first-order valence-electron chi connectivity index (χ1n) is 12.9. The summed E-state index contributed by atoms with van der Waals surface area (Å²) in [6, 6.07) is 12.1. The third-order valence-corrected chi connectivity index (χ3v) is 5.77. The lowest BCUT2D eigenvalue weighted by atomic mass is 9.99. The third-order valence-electron chi connectivity index (χ3n) is 5.77. The summed E-state index contributed by atoms with van der Waals surface area (Å²) < 4.78 is 5.42. The summed E-state index contributed by atoms with van der Waals surface area (Å²) in [5.74, 6) is -0.573. The number of nitrogens with zero attached hydrogens (tertiary/aromatic N) is 1.